The summed E-state index contributed by atoms with van der Waals surface area (Å²) in [6, 6.07) is 12.3. The number of rotatable bonds is 7. The lowest BCUT2D eigenvalue weighted by molar-refractivity contribution is -0.109. The molecule has 1 saturated carbocycles. The first-order valence-electron chi connectivity index (χ1n) is 9.81. The standard InChI is InChI=1S/C23H28N2O2S/c1-24-22(28-17-18-8-10-21(27-2)11-9-18)23(20-7-5-14-25-16-20)13-4-3-6-19(23)12-15-26/h5,7-11,14-16,19H,3-4,6,12-13,17H2,1-2H3. The molecule has 5 heteroatoms. The van der Waals surface area contributed by atoms with Crippen LogP contribution >= 0.6 is 11.8 Å². The molecule has 1 aromatic heterocycles. The first-order valence-corrected chi connectivity index (χ1v) is 10.8. The van der Waals surface area contributed by atoms with Crippen molar-refractivity contribution in [2.45, 2.75) is 43.3 Å². The van der Waals surface area contributed by atoms with E-state index in [1.54, 1.807) is 18.9 Å². The van der Waals surface area contributed by atoms with Crippen molar-refractivity contribution >= 4 is 23.1 Å². The highest BCUT2D eigenvalue weighted by atomic mass is 32.2. The summed E-state index contributed by atoms with van der Waals surface area (Å²) in [5.74, 6) is 1.97. The number of aldehydes is 1. The number of hydrogen-bond acceptors (Lipinski definition) is 5. The molecule has 1 heterocycles. The van der Waals surface area contributed by atoms with Gasteiger partial charge in [0.2, 0.25) is 0 Å². The van der Waals surface area contributed by atoms with Gasteiger partial charge in [0, 0.05) is 37.0 Å². The molecule has 0 bridgehead atoms. The van der Waals surface area contributed by atoms with Gasteiger partial charge in [0.05, 0.1) is 12.2 Å². The number of aliphatic imine (C=N–C) groups is 1. The van der Waals surface area contributed by atoms with Crippen LogP contribution in [0, 0.1) is 5.92 Å². The van der Waals surface area contributed by atoms with E-state index in [1.807, 2.05) is 37.6 Å². The number of nitrogens with zero attached hydrogens (tertiary/aromatic N) is 2. The van der Waals surface area contributed by atoms with Crippen LogP contribution in [0.1, 0.15) is 43.2 Å². The van der Waals surface area contributed by atoms with E-state index in [9.17, 15) is 4.79 Å². The van der Waals surface area contributed by atoms with Crippen molar-refractivity contribution in [2.75, 3.05) is 14.2 Å². The molecule has 0 amide bonds. The van der Waals surface area contributed by atoms with Crippen molar-refractivity contribution in [2.24, 2.45) is 10.9 Å². The number of pyridine rings is 1. The van der Waals surface area contributed by atoms with Gasteiger partial charge in [-0.25, -0.2) is 0 Å². The maximum absolute atomic E-state index is 11.5. The van der Waals surface area contributed by atoms with E-state index < -0.39 is 0 Å². The van der Waals surface area contributed by atoms with E-state index in [4.69, 9.17) is 9.73 Å². The minimum Gasteiger partial charge on any atom is -0.497 e. The zero-order valence-electron chi connectivity index (χ0n) is 16.6. The quantitative estimate of drug-likeness (QED) is 0.372. The molecule has 1 aliphatic rings. The molecule has 148 valence electrons. The van der Waals surface area contributed by atoms with Gasteiger partial charge >= 0.3 is 0 Å². The third-order valence-corrected chi connectivity index (χ3v) is 7.05. The second kappa shape index (κ2) is 9.87. The summed E-state index contributed by atoms with van der Waals surface area (Å²) in [5, 5.41) is 1.11. The molecule has 4 nitrogen and oxygen atoms in total. The summed E-state index contributed by atoms with van der Waals surface area (Å²) in [5.41, 5.74) is 2.19. The normalized spacial score (nSPS) is 22.6. The van der Waals surface area contributed by atoms with E-state index in [0.29, 0.717) is 6.42 Å². The second-order valence-corrected chi connectivity index (χ2v) is 8.19. The van der Waals surface area contributed by atoms with Gasteiger partial charge in [0.25, 0.3) is 0 Å². The minimum atomic E-state index is -0.223. The van der Waals surface area contributed by atoms with E-state index in [-0.39, 0.29) is 11.3 Å². The largest absolute Gasteiger partial charge is 0.497 e. The summed E-state index contributed by atoms with van der Waals surface area (Å²) in [7, 11) is 3.56. The SMILES string of the molecule is CN=C(SCc1ccc(OC)cc1)C1(c2cccnc2)CCCCC1CC=O. The first kappa shape index (κ1) is 20.6. The molecular formula is C23H28N2O2S. The van der Waals surface area contributed by atoms with E-state index >= 15 is 0 Å². The highest BCUT2D eigenvalue weighted by Crippen LogP contribution is 2.48. The van der Waals surface area contributed by atoms with Crippen LogP contribution in [-0.2, 0) is 16.0 Å². The van der Waals surface area contributed by atoms with Gasteiger partial charge in [0.15, 0.2) is 0 Å². The number of carbonyl (C=O) groups excluding carboxylic acids is 1. The van der Waals surface area contributed by atoms with Gasteiger partial charge in [-0.2, -0.15) is 0 Å². The van der Waals surface area contributed by atoms with Crippen LogP contribution in [0.15, 0.2) is 53.8 Å². The second-order valence-electron chi connectivity index (χ2n) is 7.22. The minimum absolute atomic E-state index is 0.223. The Hall–Kier alpha value is -2.14. The molecule has 2 atom stereocenters. The monoisotopic (exact) mass is 396 g/mol. The van der Waals surface area contributed by atoms with Crippen molar-refractivity contribution in [1.82, 2.24) is 4.98 Å². The fourth-order valence-corrected chi connectivity index (χ4v) is 5.63. The molecular weight excluding hydrogens is 368 g/mol. The van der Waals surface area contributed by atoms with Gasteiger partial charge in [-0.05, 0) is 48.1 Å². The fraction of sp³-hybridized carbons (Fsp3) is 0.435. The van der Waals surface area contributed by atoms with Crippen molar-refractivity contribution in [3.63, 3.8) is 0 Å². The average Bonchev–Trinajstić information content (AvgIpc) is 2.76. The van der Waals surface area contributed by atoms with Crippen LogP contribution < -0.4 is 4.74 Å². The molecule has 0 radical (unpaired) electrons. The maximum Gasteiger partial charge on any atom is 0.120 e. The zero-order chi connectivity index (χ0) is 19.8. The van der Waals surface area contributed by atoms with Crippen LogP contribution in [0.25, 0.3) is 0 Å². The number of thioether (sulfide) groups is 1. The van der Waals surface area contributed by atoms with Crippen LogP contribution in [0.2, 0.25) is 0 Å². The highest BCUT2D eigenvalue weighted by molar-refractivity contribution is 8.13. The summed E-state index contributed by atoms with van der Waals surface area (Å²) >= 11 is 1.78. The third kappa shape index (κ3) is 4.30. The smallest absolute Gasteiger partial charge is 0.120 e. The number of ether oxygens (including phenoxy) is 1. The predicted octanol–water partition coefficient (Wildman–Crippen LogP) is 5.07. The Balaban J connectivity index is 1.91. The molecule has 1 aromatic carbocycles. The Morgan fingerprint density at radius 1 is 1.32 bits per heavy atom. The summed E-state index contributed by atoms with van der Waals surface area (Å²) < 4.78 is 5.26. The molecule has 2 aromatic rings. The number of carbonyl (C=O) groups is 1. The molecule has 0 saturated heterocycles. The molecule has 0 N–H and O–H groups in total. The molecule has 1 fully saturated rings. The summed E-state index contributed by atoms with van der Waals surface area (Å²) in [6.07, 6.45) is 9.78. The first-order chi connectivity index (χ1) is 13.7. The van der Waals surface area contributed by atoms with E-state index in [2.05, 4.69) is 23.2 Å². The van der Waals surface area contributed by atoms with Gasteiger partial charge in [-0.3, -0.25) is 9.98 Å². The number of hydrogen-bond donors (Lipinski definition) is 0. The molecule has 28 heavy (non-hydrogen) atoms. The van der Waals surface area contributed by atoms with Gasteiger partial charge in [-0.1, -0.05) is 31.0 Å². The van der Waals surface area contributed by atoms with Crippen LogP contribution in [0.5, 0.6) is 5.75 Å². The van der Waals surface area contributed by atoms with Crippen LogP contribution in [0.4, 0.5) is 0 Å². The van der Waals surface area contributed by atoms with Crippen molar-refractivity contribution < 1.29 is 9.53 Å². The summed E-state index contributed by atoms with van der Waals surface area (Å²) in [4.78, 5) is 20.6. The molecule has 0 aliphatic heterocycles. The Morgan fingerprint density at radius 3 is 2.79 bits per heavy atom. The summed E-state index contributed by atoms with van der Waals surface area (Å²) in [6.45, 7) is 0. The van der Waals surface area contributed by atoms with Crippen molar-refractivity contribution in [3.05, 3.63) is 59.9 Å². The van der Waals surface area contributed by atoms with Crippen LogP contribution in [-0.4, -0.2) is 30.5 Å². The Labute approximate surface area is 171 Å². The average molecular weight is 397 g/mol. The topological polar surface area (TPSA) is 51.6 Å². The highest BCUT2D eigenvalue weighted by Gasteiger charge is 2.46. The van der Waals surface area contributed by atoms with Crippen LogP contribution in [0.3, 0.4) is 0 Å². The van der Waals surface area contributed by atoms with Gasteiger partial charge in [0.1, 0.15) is 12.0 Å². The Kier molecular flexibility index (Phi) is 7.26. The number of methoxy groups -OCH3 is 1. The molecule has 0 spiro atoms. The Bertz CT molecular complexity index is 792. The predicted molar refractivity (Wildman–Crippen MR) is 116 cm³/mol. The van der Waals surface area contributed by atoms with Crippen molar-refractivity contribution in [1.29, 1.82) is 0 Å². The number of aromatic nitrogens is 1. The van der Waals surface area contributed by atoms with E-state index in [1.165, 1.54) is 17.5 Å². The third-order valence-electron chi connectivity index (χ3n) is 5.75. The van der Waals surface area contributed by atoms with Gasteiger partial charge in [-0.15, -0.1) is 11.8 Å². The number of benzene rings is 1. The van der Waals surface area contributed by atoms with E-state index in [0.717, 1.165) is 42.1 Å². The van der Waals surface area contributed by atoms with Crippen molar-refractivity contribution in [3.8, 4) is 5.75 Å². The molecule has 3 rings (SSSR count). The maximum atomic E-state index is 11.5. The fourth-order valence-electron chi connectivity index (χ4n) is 4.36. The lowest BCUT2D eigenvalue weighted by Gasteiger charge is -2.44. The Morgan fingerprint density at radius 2 is 2.14 bits per heavy atom. The lowest BCUT2D eigenvalue weighted by atomic mass is 9.62. The molecule has 2 unspecified atom stereocenters. The zero-order valence-corrected chi connectivity index (χ0v) is 17.5. The lowest BCUT2D eigenvalue weighted by Crippen LogP contribution is -2.44. The van der Waals surface area contributed by atoms with Gasteiger partial charge < -0.3 is 9.53 Å². The molecule has 1 aliphatic carbocycles.